The minimum absolute atomic E-state index is 0.0304. The van der Waals surface area contributed by atoms with Gasteiger partial charge in [-0.25, -0.2) is 9.18 Å². The van der Waals surface area contributed by atoms with Gasteiger partial charge in [-0.05, 0) is 43.5 Å². The van der Waals surface area contributed by atoms with E-state index in [0.717, 1.165) is 29.5 Å². The average Bonchev–Trinajstić information content (AvgIpc) is 2.76. The molecule has 0 unspecified atom stereocenters. The van der Waals surface area contributed by atoms with Crippen molar-refractivity contribution in [3.63, 3.8) is 0 Å². The van der Waals surface area contributed by atoms with Crippen molar-refractivity contribution in [3.8, 4) is 11.5 Å². The van der Waals surface area contributed by atoms with E-state index in [0.29, 0.717) is 11.5 Å². The lowest BCUT2D eigenvalue weighted by Crippen LogP contribution is -2.36. The third-order valence-corrected chi connectivity index (χ3v) is 5.85. The molecule has 1 heterocycles. The zero-order valence-electron chi connectivity index (χ0n) is 18.1. The Labute approximate surface area is 182 Å². The minimum Gasteiger partial charge on any atom is -0.493 e. The van der Waals surface area contributed by atoms with Crippen LogP contribution < -0.4 is 9.47 Å². The Kier molecular flexibility index (Phi) is 7.33. The molecule has 0 bridgehead atoms. The van der Waals surface area contributed by atoms with Crippen molar-refractivity contribution in [3.05, 3.63) is 71.6 Å². The molecule has 2 aromatic rings. The Morgan fingerprint density at radius 1 is 1.26 bits per heavy atom. The fourth-order valence-corrected chi connectivity index (χ4v) is 4.32. The first-order valence-electron chi connectivity index (χ1n) is 10.4. The van der Waals surface area contributed by atoms with Gasteiger partial charge in [0.1, 0.15) is 5.82 Å². The van der Waals surface area contributed by atoms with E-state index in [1.807, 2.05) is 31.2 Å². The van der Waals surface area contributed by atoms with Crippen LogP contribution in [0.4, 0.5) is 4.39 Å². The van der Waals surface area contributed by atoms with E-state index in [1.165, 1.54) is 19.2 Å². The van der Waals surface area contributed by atoms with Crippen LogP contribution in [0.1, 0.15) is 49.8 Å². The van der Waals surface area contributed by atoms with E-state index in [2.05, 4.69) is 13.5 Å². The molecule has 3 rings (SSSR count). The molecule has 6 heteroatoms. The van der Waals surface area contributed by atoms with Gasteiger partial charge in [-0.3, -0.25) is 0 Å². The number of rotatable bonds is 8. The SMILES string of the molecule is C=C(C)[C@H]1C[C@H](c2ccc(F)cc2)[C@H](CC)O[C@@H]1c1cccc(OC)c1OCC(=O)O. The van der Waals surface area contributed by atoms with Crippen molar-refractivity contribution in [1.29, 1.82) is 0 Å². The molecular formula is C25H29FO5. The van der Waals surface area contributed by atoms with Gasteiger partial charge in [0.05, 0.1) is 19.3 Å². The molecule has 0 amide bonds. The fraction of sp³-hybridized carbons (Fsp3) is 0.400. The molecule has 1 N–H and O–H groups in total. The van der Waals surface area contributed by atoms with Crippen LogP contribution in [0.5, 0.6) is 11.5 Å². The first-order valence-corrected chi connectivity index (χ1v) is 10.4. The molecule has 0 aliphatic carbocycles. The van der Waals surface area contributed by atoms with E-state index in [1.54, 1.807) is 6.07 Å². The van der Waals surface area contributed by atoms with Crippen molar-refractivity contribution in [1.82, 2.24) is 0 Å². The molecule has 1 aliphatic rings. The number of hydrogen-bond donors (Lipinski definition) is 1. The molecule has 1 aliphatic heterocycles. The van der Waals surface area contributed by atoms with E-state index >= 15 is 0 Å². The van der Waals surface area contributed by atoms with Crippen LogP contribution in [0.15, 0.2) is 54.6 Å². The van der Waals surface area contributed by atoms with E-state index in [9.17, 15) is 9.18 Å². The number of para-hydroxylation sites is 1. The van der Waals surface area contributed by atoms with Crippen molar-refractivity contribution in [2.45, 2.75) is 44.8 Å². The van der Waals surface area contributed by atoms with Crippen LogP contribution in [0, 0.1) is 11.7 Å². The van der Waals surface area contributed by atoms with Crippen LogP contribution in [0.2, 0.25) is 0 Å². The largest absolute Gasteiger partial charge is 0.493 e. The average molecular weight is 429 g/mol. The third kappa shape index (κ3) is 5.07. The Hall–Kier alpha value is -2.86. The molecule has 1 fully saturated rings. The lowest BCUT2D eigenvalue weighted by Gasteiger charge is -2.43. The number of halogens is 1. The lowest BCUT2D eigenvalue weighted by atomic mass is 9.75. The molecule has 0 aromatic heterocycles. The Morgan fingerprint density at radius 2 is 1.97 bits per heavy atom. The predicted octanol–water partition coefficient (Wildman–Crippen LogP) is 5.51. The van der Waals surface area contributed by atoms with Crippen LogP contribution >= 0.6 is 0 Å². The van der Waals surface area contributed by atoms with Crippen LogP contribution in [-0.2, 0) is 9.53 Å². The molecular weight excluding hydrogens is 399 g/mol. The van der Waals surface area contributed by atoms with Crippen LogP contribution in [-0.4, -0.2) is 30.9 Å². The fourth-order valence-electron chi connectivity index (χ4n) is 4.32. The molecule has 2 aromatic carbocycles. The standard InChI is InChI=1S/C25H29FO5/c1-5-21-20(16-9-11-17(26)12-10-16)13-19(15(2)3)24(31-21)18-7-6-8-22(29-4)25(18)30-14-23(27)28/h6-12,19-21,24H,2,5,13-14H2,1,3-4H3,(H,27,28)/t19-,20-,21+,24-/m1/s1. The number of carbonyl (C=O) groups is 1. The highest BCUT2D eigenvalue weighted by atomic mass is 19.1. The highest BCUT2D eigenvalue weighted by Gasteiger charge is 2.40. The summed E-state index contributed by atoms with van der Waals surface area (Å²) in [7, 11) is 1.52. The topological polar surface area (TPSA) is 65.0 Å². The summed E-state index contributed by atoms with van der Waals surface area (Å²) in [6, 6.07) is 12.0. The second-order valence-electron chi connectivity index (χ2n) is 7.91. The van der Waals surface area contributed by atoms with Crippen molar-refractivity contribution in [2.24, 2.45) is 5.92 Å². The summed E-state index contributed by atoms with van der Waals surface area (Å²) < 4.78 is 31.1. The lowest BCUT2D eigenvalue weighted by molar-refractivity contribution is -0.139. The Morgan fingerprint density at radius 3 is 2.55 bits per heavy atom. The maximum atomic E-state index is 13.5. The molecule has 166 valence electrons. The number of carboxylic acid groups (broad SMARTS) is 1. The second kappa shape index (κ2) is 9.96. The van der Waals surface area contributed by atoms with Gasteiger partial charge in [0.25, 0.3) is 0 Å². The number of carboxylic acids is 1. The van der Waals surface area contributed by atoms with Crippen LogP contribution in [0.3, 0.4) is 0 Å². The third-order valence-electron chi connectivity index (χ3n) is 5.85. The number of aliphatic carboxylic acids is 1. The van der Waals surface area contributed by atoms with Gasteiger partial charge in [0.2, 0.25) is 0 Å². The minimum atomic E-state index is -1.07. The van der Waals surface area contributed by atoms with Gasteiger partial charge in [-0.15, -0.1) is 0 Å². The van der Waals surface area contributed by atoms with Gasteiger partial charge in [0.15, 0.2) is 18.1 Å². The summed E-state index contributed by atoms with van der Waals surface area (Å²) >= 11 is 0. The first-order chi connectivity index (χ1) is 14.8. The molecule has 31 heavy (non-hydrogen) atoms. The monoisotopic (exact) mass is 428 g/mol. The highest BCUT2D eigenvalue weighted by Crippen LogP contribution is 2.50. The maximum absolute atomic E-state index is 13.5. The van der Waals surface area contributed by atoms with Gasteiger partial charge in [0, 0.05) is 17.4 Å². The number of hydrogen-bond acceptors (Lipinski definition) is 4. The second-order valence-corrected chi connectivity index (χ2v) is 7.91. The molecule has 0 saturated carbocycles. The Balaban J connectivity index is 2.00. The van der Waals surface area contributed by atoms with E-state index in [4.69, 9.17) is 19.3 Å². The number of methoxy groups -OCH3 is 1. The summed E-state index contributed by atoms with van der Waals surface area (Å²) in [5.74, 6) is -0.440. The highest BCUT2D eigenvalue weighted by molar-refractivity contribution is 5.68. The molecule has 5 nitrogen and oxygen atoms in total. The number of benzene rings is 2. The van der Waals surface area contributed by atoms with Gasteiger partial charge in [-0.1, -0.05) is 43.3 Å². The zero-order chi connectivity index (χ0) is 22.5. The normalized spacial score (nSPS) is 23.2. The first kappa shape index (κ1) is 22.8. The van der Waals surface area contributed by atoms with Gasteiger partial charge < -0.3 is 19.3 Å². The molecule has 0 radical (unpaired) electrons. The van der Waals surface area contributed by atoms with Gasteiger partial charge in [-0.2, -0.15) is 0 Å². The summed E-state index contributed by atoms with van der Waals surface area (Å²) in [4.78, 5) is 11.1. The van der Waals surface area contributed by atoms with Crippen molar-refractivity contribution >= 4 is 5.97 Å². The van der Waals surface area contributed by atoms with Crippen molar-refractivity contribution in [2.75, 3.05) is 13.7 Å². The quantitative estimate of drug-likeness (QED) is 0.562. The molecule has 4 atom stereocenters. The number of ether oxygens (including phenoxy) is 3. The summed E-state index contributed by atoms with van der Waals surface area (Å²) in [5, 5.41) is 9.10. The van der Waals surface area contributed by atoms with Gasteiger partial charge >= 0.3 is 5.97 Å². The summed E-state index contributed by atoms with van der Waals surface area (Å²) in [6.45, 7) is 7.74. The zero-order valence-corrected chi connectivity index (χ0v) is 18.1. The molecule has 1 saturated heterocycles. The van der Waals surface area contributed by atoms with Crippen molar-refractivity contribution < 1.29 is 28.5 Å². The summed E-state index contributed by atoms with van der Waals surface area (Å²) in [5.41, 5.74) is 2.73. The van der Waals surface area contributed by atoms with E-state index in [-0.39, 0.29) is 29.9 Å². The van der Waals surface area contributed by atoms with Crippen LogP contribution in [0.25, 0.3) is 0 Å². The summed E-state index contributed by atoms with van der Waals surface area (Å²) in [6.07, 6.45) is 1.10. The smallest absolute Gasteiger partial charge is 0.341 e. The molecule has 0 spiro atoms. The predicted molar refractivity (Wildman–Crippen MR) is 116 cm³/mol. The Bertz CT molecular complexity index is 924. The maximum Gasteiger partial charge on any atom is 0.341 e. The van der Waals surface area contributed by atoms with E-state index < -0.39 is 12.6 Å².